The first-order valence-corrected chi connectivity index (χ1v) is 8.61. The lowest BCUT2D eigenvalue weighted by atomic mass is 10.0. The normalized spacial score (nSPS) is 19.4. The molecule has 8 heteroatoms. The van der Waals surface area contributed by atoms with E-state index in [0.717, 1.165) is 11.3 Å². The van der Waals surface area contributed by atoms with E-state index in [2.05, 4.69) is 16.8 Å². The van der Waals surface area contributed by atoms with Gasteiger partial charge in [-0.25, -0.2) is 9.37 Å². The molecule has 1 saturated heterocycles. The number of likely N-dealkylation sites (N-methyl/N-ethyl adjacent to an activating group) is 1. The number of nitrogens with zero attached hydrogens (tertiary/aromatic N) is 2. The van der Waals surface area contributed by atoms with Crippen LogP contribution in [0.15, 0.2) is 18.2 Å². The fourth-order valence-electron chi connectivity index (χ4n) is 2.65. The zero-order valence-electron chi connectivity index (χ0n) is 14.2. The third-order valence-corrected chi connectivity index (χ3v) is 5.15. The van der Waals surface area contributed by atoms with Crippen LogP contribution in [0, 0.1) is 24.6 Å². The van der Waals surface area contributed by atoms with E-state index in [4.69, 9.17) is 5.73 Å². The molecule has 2 heterocycles. The van der Waals surface area contributed by atoms with Crippen molar-refractivity contribution < 1.29 is 19.1 Å². The molecule has 0 bridgehead atoms. The standard InChI is InChI=1S/C18H16FN3O3S/c1-10-14(15(20)23)21-16(26-10)12-9-11(3-4-13(12)19)5-6-18(25)7-8-22(2)17(18)24/h3-4,9,25H,7-8H2,1-2H3,(H2,20,23)/t18-/m0/s1. The molecule has 0 saturated carbocycles. The lowest BCUT2D eigenvalue weighted by molar-refractivity contribution is -0.137. The third-order valence-electron chi connectivity index (χ3n) is 4.15. The summed E-state index contributed by atoms with van der Waals surface area (Å²) in [7, 11) is 1.60. The van der Waals surface area contributed by atoms with Gasteiger partial charge in [-0.05, 0) is 25.1 Å². The van der Waals surface area contributed by atoms with E-state index in [-0.39, 0.29) is 17.7 Å². The van der Waals surface area contributed by atoms with Crippen LogP contribution in [0.2, 0.25) is 0 Å². The van der Waals surface area contributed by atoms with Crippen LogP contribution >= 0.6 is 11.3 Å². The maximum absolute atomic E-state index is 14.2. The molecule has 6 nitrogen and oxygen atoms in total. The van der Waals surface area contributed by atoms with Gasteiger partial charge in [-0.3, -0.25) is 9.59 Å². The first-order chi connectivity index (χ1) is 12.2. The van der Waals surface area contributed by atoms with Crippen LogP contribution in [-0.4, -0.2) is 46.0 Å². The molecule has 134 valence electrons. The van der Waals surface area contributed by atoms with Crippen molar-refractivity contribution >= 4 is 23.2 Å². The second-order valence-corrected chi connectivity index (χ2v) is 7.27. The van der Waals surface area contributed by atoms with Gasteiger partial charge in [0, 0.05) is 36.0 Å². The van der Waals surface area contributed by atoms with Crippen molar-refractivity contribution in [2.45, 2.75) is 18.9 Å². The van der Waals surface area contributed by atoms with E-state index in [0.29, 0.717) is 22.0 Å². The van der Waals surface area contributed by atoms with Crippen LogP contribution in [0.4, 0.5) is 4.39 Å². The molecule has 0 radical (unpaired) electrons. The number of aromatic nitrogens is 1. The second-order valence-electron chi connectivity index (χ2n) is 6.07. The van der Waals surface area contributed by atoms with Crippen LogP contribution in [0.1, 0.15) is 27.3 Å². The van der Waals surface area contributed by atoms with E-state index < -0.39 is 23.2 Å². The number of benzene rings is 1. The lowest BCUT2D eigenvalue weighted by Crippen LogP contribution is -2.37. The van der Waals surface area contributed by atoms with Crippen molar-refractivity contribution in [1.29, 1.82) is 0 Å². The Kier molecular flexibility index (Phi) is 4.52. The highest BCUT2D eigenvalue weighted by Crippen LogP contribution is 2.30. The summed E-state index contributed by atoms with van der Waals surface area (Å²) in [5.41, 5.74) is 4.24. The predicted molar refractivity (Wildman–Crippen MR) is 94.8 cm³/mol. The number of likely N-dealkylation sites (tertiary alicyclic amines) is 1. The molecule has 2 aromatic rings. The molecule has 2 amide bonds. The van der Waals surface area contributed by atoms with E-state index in [1.54, 1.807) is 14.0 Å². The molecule has 0 spiro atoms. The molecule has 3 rings (SSSR count). The number of carbonyl (C=O) groups is 2. The summed E-state index contributed by atoms with van der Waals surface area (Å²) in [6, 6.07) is 4.15. The Hall–Kier alpha value is -2.76. The molecule has 1 aromatic carbocycles. The van der Waals surface area contributed by atoms with Gasteiger partial charge in [0.1, 0.15) is 16.5 Å². The smallest absolute Gasteiger partial charge is 0.268 e. The highest BCUT2D eigenvalue weighted by atomic mass is 32.1. The molecule has 0 aliphatic carbocycles. The minimum atomic E-state index is -1.72. The summed E-state index contributed by atoms with van der Waals surface area (Å²) in [6.07, 6.45) is 0.219. The Morgan fingerprint density at radius 1 is 1.50 bits per heavy atom. The van der Waals surface area contributed by atoms with Crippen molar-refractivity contribution in [2.24, 2.45) is 5.73 Å². The molecule has 1 atom stereocenters. The van der Waals surface area contributed by atoms with Gasteiger partial charge in [0.2, 0.25) is 5.60 Å². The molecule has 1 aliphatic rings. The summed E-state index contributed by atoms with van der Waals surface area (Å²) >= 11 is 1.15. The number of aryl methyl sites for hydroxylation is 1. The van der Waals surface area contributed by atoms with Crippen LogP contribution in [-0.2, 0) is 4.79 Å². The van der Waals surface area contributed by atoms with E-state index in [9.17, 15) is 19.1 Å². The molecule has 0 unspecified atom stereocenters. The molecule has 3 N–H and O–H groups in total. The van der Waals surface area contributed by atoms with E-state index >= 15 is 0 Å². The zero-order chi connectivity index (χ0) is 19.1. The van der Waals surface area contributed by atoms with Gasteiger partial charge in [0.25, 0.3) is 11.8 Å². The van der Waals surface area contributed by atoms with Crippen LogP contribution in [0.5, 0.6) is 0 Å². The monoisotopic (exact) mass is 373 g/mol. The van der Waals surface area contributed by atoms with Crippen molar-refractivity contribution in [1.82, 2.24) is 9.88 Å². The van der Waals surface area contributed by atoms with Crippen molar-refractivity contribution in [3.05, 3.63) is 40.2 Å². The Morgan fingerprint density at radius 3 is 2.81 bits per heavy atom. The topological polar surface area (TPSA) is 96.5 Å². The maximum atomic E-state index is 14.2. The first-order valence-electron chi connectivity index (χ1n) is 7.79. The van der Waals surface area contributed by atoms with E-state index in [1.165, 1.54) is 23.1 Å². The average Bonchev–Trinajstić information content (AvgIpc) is 3.10. The number of amides is 2. The number of thiazole rings is 1. The molecular weight excluding hydrogens is 357 g/mol. The van der Waals surface area contributed by atoms with Gasteiger partial charge in [0.15, 0.2) is 0 Å². The lowest BCUT2D eigenvalue weighted by Gasteiger charge is -2.13. The van der Waals surface area contributed by atoms with Crippen molar-refractivity contribution in [3.8, 4) is 22.4 Å². The fraction of sp³-hybridized carbons (Fsp3) is 0.278. The van der Waals surface area contributed by atoms with Gasteiger partial charge >= 0.3 is 0 Å². The van der Waals surface area contributed by atoms with Gasteiger partial charge < -0.3 is 15.7 Å². The Balaban J connectivity index is 1.97. The number of carbonyl (C=O) groups excluding carboxylic acids is 2. The number of hydrogen-bond donors (Lipinski definition) is 2. The Morgan fingerprint density at radius 2 is 2.23 bits per heavy atom. The second kappa shape index (κ2) is 6.52. The summed E-state index contributed by atoms with van der Waals surface area (Å²) in [4.78, 5) is 29.4. The average molecular weight is 373 g/mol. The first kappa shape index (κ1) is 18.0. The van der Waals surface area contributed by atoms with Gasteiger partial charge in [-0.1, -0.05) is 11.8 Å². The minimum absolute atomic E-state index is 0.106. The SMILES string of the molecule is Cc1sc(-c2cc(C#C[C@]3(O)CCN(C)C3=O)ccc2F)nc1C(N)=O. The molecular formula is C18H16FN3O3S. The van der Waals surface area contributed by atoms with Gasteiger partial charge in [-0.15, -0.1) is 11.3 Å². The quantitative estimate of drug-likeness (QED) is 0.776. The van der Waals surface area contributed by atoms with Crippen molar-refractivity contribution in [2.75, 3.05) is 13.6 Å². The molecule has 1 fully saturated rings. The minimum Gasteiger partial charge on any atom is -0.369 e. The highest BCUT2D eigenvalue weighted by molar-refractivity contribution is 7.15. The van der Waals surface area contributed by atoms with Crippen LogP contribution in [0.3, 0.4) is 0 Å². The number of aliphatic hydroxyl groups is 1. The fourth-order valence-corrected chi connectivity index (χ4v) is 3.59. The predicted octanol–water partition coefficient (Wildman–Crippen LogP) is 1.30. The summed E-state index contributed by atoms with van der Waals surface area (Å²) in [5, 5.41) is 10.6. The van der Waals surface area contributed by atoms with Crippen LogP contribution < -0.4 is 5.73 Å². The number of primary amides is 1. The zero-order valence-corrected chi connectivity index (χ0v) is 15.0. The van der Waals surface area contributed by atoms with E-state index in [1.807, 2.05) is 0 Å². The molecule has 26 heavy (non-hydrogen) atoms. The highest BCUT2D eigenvalue weighted by Gasteiger charge is 2.42. The number of hydrogen-bond acceptors (Lipinski definition) is 5. The summed E-state index contributed by atoms with van der Waals surface area (Å²) < 4.78 is 14.2. The van der Waals surface area contributed by atoms with Gasteiger partial charge in [0.05, 0.1) is 0 Å². The number of nitrogens with two attached hydrogens (primary N) is 1. The Bertz CT molecular complexity index is 976. The van der Waals surface area contributed by atoms with Gasteiger partial charge in [-0.2, -0.15) is 0 Å². The number of rotatable bonds is 2. The largest absolute Gasteiger partial charge is 0.369 e. The molecule has 1 aromatic heterocycles. The summed E-state index contributed by atoms with van der Waals surface area (Å²) in [5.74, 6) is 3.68. The summed E-state index contributed by atoms with van der Waals surface area (Å²) in [6.45, 7) is 2.10. The van der Waals surface area contributed by atoms with Crippen molar-refractivity contribution in [3.63, 3.8) is 0 Å². The molecule has 1 aliphatic heterocycles. The maximum Gasteiger partial charge on any atom is 0.268 e. The number of halogens is 1. The third kappa shape index (κ3) is 3.19. The van der Waals surface area contributed by atoms with Crippen LogP contribution in [0.25, 0.3) is 10.6 Å². The Labute approximate surface area is 153 Å².